The molecule has 3 fully saturated rings. The fraction of sp³-hybridized carbons (Fsp3) is 0.750. The van der Waals surface area contributed by atoms with Crippen molar-refractivity contribution >= 4 is 39.6 Å². The zero-order valence-corrected chi connectivity index (χ0v) is 27.9. The maximum atomic E-state index is 14.6. The van der Waals surface area contributed by atoms with Gasteiger partial charge in [0.25, 0.3) is 0 Å². The van der Waals surface area contributed by atoms with E-state index in [4.69, 9.17) is 9.47 Å². The third-order valence-corrected chi connectivity index (χ3v) is 9.75. The van der Waals surface area contributed by atoms with Crippen LogP contribution in [0.15, 0.2) is 25.3 Å². The van der Waals surface area contributed by atoms with E-state index >= 15 is 0 Å². The van der Waals surface area contributed by atoms with Gasteiger partial charge >= 0.3 is 5.97 Å². The second-order valence-electron chi connectivity index (χ2n) is 12.7. The molecule has 3 rings (SSSR count). The number of carbonyl (C=O) groups excluding carboxylic acids is 4. The number of nitrogens with zero attached hydrogens (tertiary/aromatic N) is 2. The van der Waals surface area contributed by atoms with Gasteiger partial charge in [0.1, 0.15) is 17.7 Å². The van der Waals surface area contributed by atoms with Crippen LogP contribution in [0.5, 0.6) is 0 Å². The Morgan fingerprint density at radius 2 is 1.95 bits per heavy atom. The number of aliphatic hydroxyl groups is 1. The van der Waals surface area contributed by atoms with E-state index in [1.54, 1.807) is 24.0 Å². The van der Waals surface area contributed by atoms with E-state index in [2.05, 4.69) is 41.3 Å². The molecule has 3 aliphatic heterocycles. The predicted octanol–water partition coefficient (Wildman–Crippen LogP) is 3.36. The minimum Gasteiger partial charge on any atom is -0.460 e. The molecule has 43 heavy (non-hydrogen) atoms. The third kappa shape index (κ3) is 7.20. The van der Waals surface area contributed by atoms with Crippen molar-refractivity contribution in [2.24, 2.45) is 17.8 Å². The van der Waals surface area contributed by atoms with Crippen molar-refractivity contribution in [3.8, 4) is 0 Å². The highest BCUT2D eigenvalue weighted by molar-refractivity contribution is 9.09. The van der Waals surface area contributed by atoms with Crippen molar-refractivity contribution in [3.05, 3.63) is 25.3 Å². The minimum absolute atomic E-state index is 0.109. The van der Waals surface area contributed by atoms with E-state index in [9.17, 15) is 24.3 Å². The number of carbonyl (C=O) groups is 4. The number of rotatable bonds is 17. The molecule has 11 heteroatoms. The normalized spacial score (nSPS) is 29.6. The lowest BCUT2D eigenvalue weighted by Crippen LogP contribution is -2.60. The molecule has 0 aromatic heterocycles. The number of halogens is 1. The van der Waals surface area contributed by atoms with Crippen LogP contribution in [0.4, 0.5) is 0 Å². The monoisotopic (exact) mass is 667 g/mol. The van der Waals surface area contributed by atoms with Gasteiger partial charge in [0, 0.05) is 23.8 Å². The van der Waals surface area contributed by atoms with Gasteiger partial charge in [-0.05, 0) is 45.4 Å². The molecule has 3 amide bonds. The van der Waals surface area contributed by atoms with Crippen molar-refractivity contribution in [3.63, 3.8) is 0 Å². The first-order valence-electron chi connectivity index (χ1n) is 15.6. The lowest BCUT2D eigenvalue weighted by Gasteiger charge is -2.41. The van der Waals surface area contributed by atoms with Crippen LogP contribution >= 0.6 is 15.9 Å². The number of likely N-dealkylation sites (tertiary alicyclic amines) is 1. The highest BCUT2D eigenvalue weighted by Crippen LogP contribution is 2.61. The van der Waals surface area contributed by atoms with Crippen LogP contribution in [-0.2, 0) is 28.7 Å². The molecule has 0 aromatic carbocycles. The highest BCUT2D eigenvalue weighted by Gasteiger charge is 2.77. The SMILES string of the molecule is C=CCCC(=O)NC[C@H](C)OC(=O)[C@@H]1[C@H]2O[C@@]3(CC2Br)[C@H](C(=O)N(CC=C)C(C)CCC)N([C@@H](CO)CC(C)C)C(=O)[C@@H]13. The molecule has 0 aromatic rings. The summed E-state index contributed by atoms with van der Waals surface area (Å²) in [4.78, 5) is 57.8. The van der Waals surface area contributed by atoms with Crippen LogP contribution < -0.4 is 5.32 Å². The zero-order valence-electron chi connectivity index (χ0n) is 26.3. The second-order valence-corrected chi connectivity index (χ2v) is 13.8. The van der Waals surface area contributed by atoms with E-state index in [0.717, 1.165) is 12.8 Å². The van der Waals surface area contributed by atoms with Crippen LogP contribution in [0, 0.1) is 17.8 Å². The lowest BCUT2D eigenvalue weighted by molar-refractivity contribution is -0.160. The summed E-state index contributed by atoms with van der Waals surface area (Å²) in [5, 5.41) is 13.3. The Morgan fingerprint density at radius 1 is 1.26 bits per heavy atom. The summed E-state index contributed by atoms with van der Waals surface area (Å²) in [5.74, 6) is -3.12. The molecule has 2 bridgehead atoms. The third-order valence-electron chi connectivity index (χ3n) is 8.91. The molecule has 2 N–H and O–H groups in total. The first-order chi connectivity index (χ1) is 20.4. The van der Waals surface area contributed by atoms with E-state index < -0.39 is 47.7 Å². The Bertz CT molecular complexity index is 1050. The number of alkyl halides is 1. The van der Waals surface area contributed by atoms with Gasteiger partial charge in [-0.15, -0.1) is 13.2 Å². The molecule has 3 aliphatic rings. The smallest absolute Gasteiger partial charge is 0.312 e. The molecular weight excluding hydrogens is 618 g/mol. The Morgan fingerprint density at radius 3 is 2.53 bits per heavy atom. The Kier molecular flexibility index (Phi) is 12.4. The molecule has 0 saturated carbocycles. The second kappa shape index (κ2) is 15.2. The van der Waals surface area contributed by atoms with E-state index in [0.29, 0.717) is 32.2 Å². The van der Waals surface area contributed by atoms with Gasteiger partial charge in [-0.25, -0.2) is 0 Å². The van der Waals surface area contributed by atoms with Gasteiger partial charge in [-0.1, -0.05) is 55.3 Å². The number of nitrogens with one attached hydrogen (secondary N) is 1. The van der Waals surface area contributed by atoms with Gasteiger partial charge in [0.2, 0.25) is 17.7 Å². The summed E-state index contributed by atoms with van der Waals surface area (Å²) in [6.45, 7) is 17.3. The van der Waals surface area contributed by atoms with Crippen molar-refractivity contribution in [1.82, 2.24) is 15.1 Å². The number of esters is 1. The largest absolute Gasteiger partial charge is 0.460 e. The van der Waals surface area contributed by atoms with Gasteiger partial charge in [-0.3, -0.25) is 19.2 Å². The van der Waals surface area contributed by atoms with Gasteiger partial charge in [-0.2, -0.15) is 0 Å². The first kappa shape index (κ1) is 35.2. The van der Waals surface area contributed by atoms with Crippen molar-refractivity contribution < 1.29 is 33.8 Å². The molecule has 2 unspecified atom stereocenters. The molecule has 1 spiro atoms. The summed E-state index contributed by atoms with van der Waals surface area (Å²) < 4.78 is 12.4. The lowest BCUT2D eigenvalue weighted by atomic mass is 9.70. The minimum atomic E-state index is -1.26. The zero-order chi connectivity index (χ0) is 32.1. The summed E-state index contributed by atoms with van der Waals surface area (Å²) in [6, 6.07) is -1.74. The molecular formula is C32H50BrN3O7. The predicted molar refractivity (Wildman–Crippen MR) is 167 cm³/mol. The van der Waals surface area contributed by atoms with Gasteiger partial charge in [0.15, 0.2) is 0 Å². The fourth-order valence-electron chi connectivity index (χ4n) is 7.08. The number of hydrogen-bond acceptors (Lipinski definition) is 7. The highest BCUT2D eigenvalue weighted by atomic mass is 79.9. The Balaban J connectivity index is 1.98. The Labute approximate surface area is 264 Å². The molecule has 10 nitrogen and oxygen atoms in total. The van der Waals surface area contributed by atoms with E-state index in [1.165, 1.54) is 4.90 Å². The van der Waals surface area contributed by atoms with Crippen molar-refractivity contribution in [2.45, 2.75) is 114 Å². The van der Waals surface area contributed by atoms with Gasteiger partial charge in [0.05, 0.1) is 37.1 Å². The molecule has 3 heterocycles. The maximum Gasteiger partial charge on any atom is 0.312 e. The first-order valence-corrected chi connectivity index (χ1v) is 16.5. The number of aliphatic hydroxyl groups excluding tert-OH is 1. The van der Waals surface area contributed by atoms with Crippen LogP contribution in [0.2, 0.25) is 0 Å². The summed E-state index contributed by atoms with van der Waals surface area (Å²) in [7, 11) is 0. The number of allylic oxidation sites excluding steroid dienone is 1. The quantitative estimate of drug-likeness (QED) is 0.138. The average molecular weight is 669 g/mol. The maximum absolute atomic E-state index is 14.6. The van der Waals surface area contributed by atoms with Crippen LogP contribution in [0.25, 0.3) is 0 Å². The van der Waals surface area contributed by atoms with Crippen molar-refractivity contribution in [1.29, 1.82) is 0 Å². The summed E-state index contributed by atoms with van der Waals surface area (Å²) in [6.07, 6.45) is 5.37. The number of amides is 3. The van der Waals surface area contributed by atoms with Crippen LogP contribution in [0.3, 0.4) is 0 Å². The van der Waals surface area contributed by atoms with Crippen LogP contribution in [0.1, 0.15) is 73.1 Å². The molecule has 9 atom stereocenters. The van der Waals surface area contributed by atoms with Gasteiger partial charge < -0.3 is 29.7 Å². The Hall–Kier alpha value is -2.24. The fourth-order valence-corrected chi connectivity index (χ4v) is 8.03. The average Bonchev–Trinajstić information content (AvgIpc) is 3.55. The van der Waals surface area contributed by atoms with Crippen LogP contribution in [-0.4, -0.2) is 99.1 Å². The van der Waals surface area contributed by atoms with E-state index in [-0.39, 0.29) is 47.7 Å². The topological polar surface area (TPSA) is 125 Å². The number of ether oxygens (including phenoxy) is 2. The standard InChI is InChI=1S/C32H50BrN3O7/c1-8-11-13-24(38)34-17-21(7)42-31(41)25-26-29(39)36(22(18-37)15-19(4)5)28(32(26)16-23(33)27(25)43-32)30(40)35(14-10-3)20(6)12-9-2/h8,10,19-23,25-28,37H,1,3,9,11-18H2,2,4-7H3,(H,34,38)/t20?,21-,22+,23?,25-,26+,27-,28-,32+/m0/s1. The van der Waals surface area contributed by atoms with Crippen molar-refractivity contribution in [2.75, 3.05) is 19.7 Å². The number of hydrogen-bond donors (Lipinski definition) is 2. The summed E-state index contributed by atoms with van der Waals surface area (Å²) >= 11 is 3.69. The molecule has 3 saturated heterocycles. The molecule has 242 valence electrons. The summed E-state index contributed by atoms with van der Waals surface area (Å²) in [5.41, 5.74) is -1.26. The number of fused-ring (bicyclic) bond motifs is 1. The molecule has 0 radical (unpaired) electrons. The van der Waals surface area contributed by atoms with E-state index in [1.807, 2.05) is 20.8 Å². The molecule has 0 aliphatic carbocycles.